The second-order valence-corrected chi connectivity index (χ2v) is 7.00. The fourth-order valence-electron chi connectivity index (χ4n) is 3.03. The minimum Gasteiger partial charge on any atom is -0.479 e. The average Bonchev–Trinajstić information content (AvgIpc) is 2.57. The summed E-state index contributed by atoms with van der Waals surface area (Å²) in [6.07, 6.45) is -0.508. The summed E-state index contributed by atoms with van der Waals surface area (Å²) >= 11 is 5.93. The molecule has 0 fully saturated rings. The molecule has 0 aromatic heterocycles. The van der Waals surface area contributed by atoms with E-state index in [-0.39, 0.29) is 18.2 Å². The lowest BCUT2D eigenvalue weighted by Gasteiger charge is -2.19. The van der Waals surface area contributed by atoms with Crippen molar-refractivity contribution in [3.05, 3.63) is 58.9 Å². The van der Waals surface area contributed by atoms with E-state index < -0.39 is 19.0 Å². The summed E-state index contributed by atoms with van der Waals surface area (Å²) in [6, 6.07) is 11.6. The molecule has 0 saturated carbocycles. The third-order valence-corrected chi connectivity index (χ3v) is 4.47. The van der Waals surface area contributed by atoms with Gasteiger partial charge in [-0.05, 0) is 54.4 Å². The number of rotatable bonds is 8. The lowest BCUT2D eigenvalue weighted by molar-refractivity contribution is -0.147. The summed E-state index contributed by atoms with van der Waals surface area (Å²) in [6.45, 7) is 1.03. The number of aliphatic hydroxyl groups excluding tert-OH is 1. The van der Waals surface area contributed by atoms with Gasteiger partial charge in [0, 0.05) is 10.6 Å². The molecule has 0 aliphatic rings. The molecule has 0 aliphatic carbocycles. The largest absolute Gasteiger partial charge is 0.479 e. The Kier molecular flexibility index (Phi) is 7.20. The number of carbonyl (C=O) groups is 1. The van der Waals surface area contributed by atoms with Crippen LogP contribution in [0, 0.1) is 11.7 Å². The van der Waals surface area contributed by atoms with Crippen LogP contribution in [0.3, 0.4) is 0 Å². The van der Waals surface area contributed by atoms with Crippen molar-refractivity contribution in [3.8, 4) is 11.1 Å². The molecule has 0 amide bonds. The number of hydrogen-bond acceptors (Lipinski definition) is 3. The first kappa shape index (κ1) is 20.4. The van der Waals surface area contributed by atoms with Crippen molar-refractivity contribution in [1.29, 1.82) is 0 Å². The lowest BCUT2D eigenvalue weighted by atomic mass is 9.62. The molecule has 0 aliphatic heterocycles. The number of aliphatic carboxylic acids is 1. The highest BCUT2D eigenvalue weighted by molar-refractivity contribution is 6.48. The Morgan fingerprint density at radius 3 is 2.46 bits per heavy atom. The minimum atomic E-state index is -1.46. The normalized spacial score (nSPS) is 13.3. The van der Waals surface area contributed by atoms with Crippen molar-refractivity contribution in [2.24, 2.45) is 5.92 Å². The maximum Gasteiger partial charge on any atom is 0.332 e. The van der Waals surface area contributed by atoms with Crippen molar-refractivity contribution < 1.29 is 24.4 Å². The molecule has 0 radical (unpaired) electrons. The molecule has 0 bridgehead atoms. The topological polar surface area (TPSA) is 77.8 Å². The van der Waals surface area contributed by atoms with Gasteiger partial charge in [-0.15, -0.1) is 0 Å². The van der Waals surface area contributed by atoms with Gasteiger partial charge in [0.15, 0.2) is 6.10 Å². The van der Waals surface area contributed by atoms with Crippen LogP contribution in [-0.2, 0) is 11.2 Å². The Morgan fingerprint density at radius 1 is 1.23 bits per heavy atom. The number of carboxylic acids is 1. The monoisotopic (exact) mass is 378 g/mol. The van der Waals surface area contributed by atoms with Gasteiger partial charge in [-0.3, -0.25) is 0 Å². The van der Waals surface area contributed by atoms with Gasteiger partial charge in [0.1, 0.15) is 5.82 Å². The second kappa shape index (κ2) is 9.17. The van der Waals surface area contributed by atoms with E-state index in [1.54, 1.807) is 25.0 Å². The molecule has 2 aromatic rings. The van der Waals surface area contributed by atoms with E-state index in [0.717, 1.165) is 5.56 Å². The lowest BCUT2D eigenvalue weighted by Crippen LogP contribution is -2.26. The number of aliphatic hydroxyl groups is 1. The predicted octanol–water partition coefficient (Wildman–Crippen LogP) is 3.75. The highest BCUT2D eigenvalue weighted by atomic mass is 35.5. The predicted molar refractivity (Wildman–Crippen MR) is 101 cm³/mol. The highest BCUT2D eigenvalue weighted by Gasteiger charge is 2.23. The zero-order chi connectivity index (χ0) is 19.3. The molecule has 4 nitrogen and oxygen atoms in total. The third-order valence-electron chi connectivity index (χ3n) is 4.23. The molecule has 0 unspecified atom stereocenters. The van der Waals surface area contributed by atoms with Gasteiger partial charge in [-0.2, -0.15) is 0 Å². The van der Waals surface area contributed by atoms with Gasteiger partial charge in [0.2, 0.25) is 0 Å². The standard InChI is InChI=1S/C19H21BClFO4/c1-20(26)11-13(9-18(23)19(24)25)8-12-2-4-14(5-3-12)16-10-15(21)6-7-17(16)22/h2-7,10,13,18,23,26H,8-9,11H2,1H3,(H,24,25)/t13-,18-/m1/s1. The van der Waals surface area contributed by atoms with Gasteiger partial charge in [-0.1, -0.05) is 42.7 Å². The molecule has 2 atom stereocenters. The first-order valence-electron chi connectivity index (χ1n) is 8.39. The summed E-state index contributed by atoms with van der Waals surface area (Å²) in [5.74, 6) is -1.82. The minimum absolute atomic E-state index is 0.0604. The number of hydrogen-bond donors (Lipinski definition) is 3. The molecule has 138 valence electrons. The third kappa shape index (κ3) is 5.83. The second-order valence-electron chi connectivity index (χ2n) is 6.57. The highest BCUT2D eigenvalue weighted by Crippen LogP contribution is 2.27. The van der Waals surface area contributed by atoms with Crippen LogP contribution in [-0.4, -0.2) is 34.2 Å². The Hall–Kier alpha value is -1.89. The summed E-state index contributed by atoms with van der Waals surface area (Å²) in [7, 11) is 0. The van der Waals surface area contributed by atoms with Crippen molar-refractivity contribution >= 4 is 24.5 Å². The fourth-order valence-corrected chi connectivity index (χ4v) is 3.21. The number of benzene rings is 2. The molecule has 2 aromatic carbocycles. The Morgan fingerprint density at radius 2 is 1.88 bits per heavy atom. The summed E-state index contributed by atoms with van der Waals surface area (Å²) in [5, 5.41) is 28.6. The van der Waals surface area contributed by atoms with E-state index in [4.69, 9.17) is 16.7 Å². The van der Waals surface area contributed by atoms with E-state index in [0.29, 0.717) is 28.9 Å². The van der Waals surface area contributed by atoms with Crippen LogP contribution in [0.5, 0.6) is 0 Å². The molecule has 2 rings (SSSR count). The molecular formula is C19H21BClFO4. The van der Waals surface area contributed by atoms with Gasteiger partial charge in [0.05, 0.1) is 0 Å². The molecule has 3 N–H and O–H groups in total. The van der Waals surface area contributed by atoms with Crippen molar-refractivity contribution in [1.82, 2.24) is 0 Å². The van der Waals surface area contributed by atoms with Gasteiger partial charge >= 0.3 is 5.97 Å². The van der Waals surface area contributed by atoms with Crippen molar-refractivity contribution in [2.75, 3.05) is 0 Å². The summed E-state index contributed by atoms with van der Waals surface area (Å²) < 4.78 is 14.0. The molecular weight excluding hydrogens is 357 g/mol. The Bertz CT molecular complexity index is 752. The average molecular weight is 379 g/mol. The zero-order valence-electron chi connectivity index (χ0n) is 14.4. The maximum absolute atomic E-state index is 14.0. The zero-order valence-corrected chi connectivity index (χ0v) is 15.2. The van der Waals surface area contributed by atoms with Crippen LogP contribution in [0.15, 0.2) is 42.5 Å². The quantitative estimate of drug-likeness (QED) is 0.611. The Labute approximate surface area is 157 Å². The fraction of sp³-hybridized carbons (Fsp3) is 0.316. The SMILES string of the molecule is CB(O)C[C@H](Cc1ccc(-c2cc(Cl)ccc2F)cc1)C[C@@H](O)C(=O)O. The molecule has 0 spiro atoms. The van der Waals surface area contributed by atoms with E-state index in [1.165, 1.54) is 12.1 Å². The first-order valence-corrected chi connectivity index (χ1v) is 8.77. The maximum atomic E-state index is 14.0. The first-order chi connectivity index (χ1) is 12.3. The Balaban J connectivity index is 2.14. The van der Waals surface area contributed by atoms with Gasteiger partial charge in [-0.25, -0.2) is 9.18 Å². The number of halogens is 2. The molecule has 0 saturated heterocycles. The van der Waals surface area contributed by atoms with E-state index in [2.05, 4.69) is 0 Å². The van der Waals surface area contributed by atoms with Crippen LogP contribution in [0.1, 0.15) is 12.0 Å². The summed E-state index contributed by atoms with van der Waals surface area (Å²) in [4.78, 5) is 10.9. The van der Waals surface area contributed by atoms with E-state index in [1.807, 2.05) is 12.1 Å². The molecule has 7 heteroatoms. The summed E-state index contributed by atoms with van der Waals surface area (Å²) in [5.41, 5.74) is 2.01. The van der Waals surface area contributed by atoms with E-state index in [9.17, 15) is 19.3 Å². The molecule has 0 heterocycles. The van der Waals surface area contributed by atoms with E-state index >= 15 is 0 Å². The van der Waals surface area contributed by atoms with Crippen molar-refractivity contribution in [2.45, 2.75) is 32.1 Å². The van der Waals surface area contributed by atoms with Crippen LogP contribution in [0.2, 0.25) is 18.2 Å². The van der Waals surface area contributed by atoms with Crippen molar-refractivity contribution in [3.63, 3.8) is 0 Å². The molecule has 26 heavy (non-hydrogen) atoms. The smallest absolute Gasteiger partial charge is 0.332 e. The van der Waals surface area contributed by atoms with Gasteiger partial charge < -0.3 is 15.2 Å². The van der Waals surface area contributed by atoms with Crippen LogP contribution in [0.25, 0.3) is 11.1 Å². The number of carboxylic acid groups (broad SMARTS) is 1. The van der Waals surface area contributed by atoms with Crippen LogP contribution in [0.4, 0.5) is 4.39 Å². The van der Waals surface area contributed by atoms with Gasteiger partial charge in [0.25, 0.3) is 6.92 Å². The van der Waals surface area contributed by atoms with Crippen LogP contribution < -0.4 is 0 Å². The van der Waals surface area contributed by atoms with Crippen LogP contribution >= 0.6 is 11.6 Å².